The van der Waals surface area contributed by atoms with Gasteiger partial charge in [-0.25, -0.2) is 4.79 Å². The summed E-state index contributed by atoms with van der Waals surface area (Å²) in [4.78, 5) is 10.8. The second kappa shape index (κ2) is 6.20. The van der Waals surface area contributed by atoms with Crippen LogP contribution < -0.4 is 5.32 Å². The van der Waals surface area contributed by atoms with Gasteiger partial charge in [-0.1, -0.05) is 0 Å². The Morgan fingerprint density at radius 1 is 1.56 bits per heavy atom. The van der Waals surface area contributed by atoms with Crippen LogP contribution in [0.5, 0.6) is 0 Å². The molecular weight excluding hydrogens is 298 g/mol. The van der Waals surface area contributed by atoms with Crippen molar-refractivity contribution >= 4 is 27.6 Å². The van der Waals surface area contributed by atoms with Gasteiger partial charge >= 0.3 is 5.97 Å². The highest BCUT2D eigenvalue weighted by Crippen LogP contribution is 2.24. The molecule has 1 fully saturated rings. The smallest absolute Gasteiger partial charge is 0.335 e. The van der Waals surface area contributed by atoms with E-state index in [1.807, 2.05) is 0 Å². The summed E-state index contributed by atoms with van der Waals surface area (Å²) in [7, 11) is 0. The number of ether oxygens (including phenoxy) is 1. The van der Waals surface area contributed by atoms with Crippen molar-refractivity contribution in [1.29, 1.82) is 0 Å². The number of hydrogen-bond acceptors (Lipinski definition) is 3. The average Bonchev–Trinajstić information content (AvgIpc) is 2.84. The first-order valence-electron chi connectivity index (χ1n) is 6.05. The molecule has 1 aromatic carbocycles. The van der Waals surface area contributed by atoms with Gasteiger partial charge in [0.1, 0.15) is 0 Å². The van der Waals surface area contributed by atoms with Crippen molar-refractivity contribution in [2.24, 2.45) is 0 Å². The molecule has 1 heterocycles. The van der Waals surface area contributed by atoms with Crippen molar-refractivity contribution in [1.82, 2.24) is 0 Å². The number of carbonyl (C=O) groups is 1. The molecule has 1 aromatic rings. The van der Waals surface area contributed by atoms with Crippen molar-refractivity contribution in [2.75, 3.05) is 18.5 Å². The number of carboxylic acid groups (broad SMARTS) is 1. The third-order valence-corrected chi connectivity index (χ3v) is 3.68. The molecular formula is C13H16BrNO3. The van der Waals surface area contributed by atoms with E-state index in [0.29, 0.717) is 6.10 Å². The van der Waals surface area contributed by atoms with Gasteiger partial charge in [0, 0.05) is 23.3 Å². The highest BCUT2D eigenvalue weighted by molar-refractivity contribution is 9.10. The van der Waals surface area contributed by atoms with Crippen LogP contribution in [0, 0.1) is 0 Å². The third-order valence-electron chi connectivity index (χ3n) is 3.02. The van der Waals surface area contributed by atoms with Crippen molar-refractivity contribution in [3.05, 3.63) is 28.2 Å². The molecule has 18 heavy (non-hydrogen) atoms. The SMILES string of the molecule is O=C(O)c1ccc(NCCC2CCCO2)c(Br)c1. The van der Waals surface area contributed by atoms with Gasteiger partial charge in [-0.2, -0.15) is 0 Å². The summed E-state index contributed by atoms with van der Waals surface area (Å²) in [5, 5.41) is 12.1. The Morgan fingerprint density at radius 3 is 3.00 bits per heavy atom. The van der Waals surface area contributed by atoms with Crippen LogP contribution in [0.2, 0.25) is 0 Å². The minimum atomic E-state index is -0.915. The lowest BCUT2D eigenvalue weighted by molar-refractivity contribution is 0.0697. The van der Waals surface area contributed by atoms with Crippen LogP contribution in [0.15, 0.2) is 22.7 Å². The van der Waals surface area contributed by atoms with Gasteiger partial charge in [-0.3, -0.25) is 0 Å². The highest BCUT2D eigenvalue weighted by atomic mass is 79.9. The molecule has 0 aliphatic carbocycles. The van der Waals surface area contributed by atoms with Gasteiger partial charge in [0.25, 0.3) is 0 Å². The molecule has 0 bridgehead atoms. The number of aromatic carboxylic acids is 1. The fourth-order valence-electron chi connectivity index (χ4n) is 2.03. The van der Waals surface area contributed by atoms with Crippen LogP contribution in [0.3, 0.4) is 0 Å². The Labute approximate surface area is 114 Å². The van der Waals surface area contributed by atoms with E-state index in [1.165, 1.54) is 0 Å². The van der Waals surface area contributed by atoms with Gasteiger partial charge in [-0.15, -0.1) is 0 Å². The topological polar surface area (TPSA) is 58.6 Å². The zero-order chi connectivity index (χ0) is 13.0. The van der Waals surface area contributed by atoms with Gasteiger partial charge in [0.2, 0.25) is 0 Å². The summed E-state index contributed by atoms with van der Waals surface area (Å²) < 4.78 is 6.32. The fraction of sp³-hybridized carbons (Fsp3) is 0.462. The average molecular weight is 314 g/mol. The molecule has 0 radical (unpaired) electrons. The molecule has 2 rings (SSSR count). The predicted molar refractivity (Wildman–Crippen MR) is 73.2 cm³/mol. The molecule has 0 aromatic heterocycles. The molecule has 1 atom stereocenters. The molecule has 0 amide bonds. The van der Waals surface area contributed by atoms with Crippen LogP contribution in [-0.2, 0) is 4.74 Å². The van der Waals surface area contributed by atoms with E-state index in [9.17, 15) is 4.79 Å². The monoisotopic (exact) mass is 313 g/mol. The number of hydrogen-bond donors (Lipinski definition) is 2. The van der Waals surface area contributed by atoms with Gasteiger partial charge in [-0.05, 0) is 53.4 Å². The summed E-state index contributed by atoms with van der Waals surface area (Å²) in [6.45, 7) is 1.71. The maximum atomic E-state index is 10.8. The van der Waals surface area contributed by atoms with E-state index in [1.54, 1.807) is 18.2 Å². The summed E-state index contributed by atoms with van der Waals surface area (Å²) in [6, 6.07) is 4.99. The standard InChI is InChI=1S/C13H16BrNO3/c14-11-8-9(13(16)17)3-4-12(11)15-6-5-10-2-1-7-18-10/h3-4,8,10,15H,1-2,5-7H2,(H,16,17). The van der Waals surface area contributed by atoms with Crippen LogP contribution in [0.25, 0.3) is 0 Å². The second-order valence-electron chi connectivity index (χ2n) is 4.35. The Balaban J connectivity index is 1.87. The van der Waals surface area contributed by atoms with Crippen LogP contribution in [0.1, 0.15) is 29.6 Å². The Kier molecular flexibility index (Phi) is 4.60. The Hall–Kier alpha value is -1.07. The molecule has 0 saturated carbocycles. The number of anilines is 1. The van der Waals surface area contributed by atoms with E-state index in [-0.39, 0.29) is 5.56 Å². The highest BCUT2D eigenvalue weighted by Gasteiger charge is 2.14. The summed E-state index contributed by atoms with van der Waals surface area (Å²) in [5.41, 5.74) is 1.20. The molecule has 1 unspecified atom stereocenters. The number of halogens is 1. The van der Waals surface area contributed by atoms with Crippen molar-refractivity contribution in [3.8, 4) is 0 Å². The van der Waals surface area contributed by atoms with Crippen molar-refractivity contribution < 1.29 is 14.6 Å². The van der Waals surface area contributed by atoms with Gasteiger partial charge in [0.15, 0.2) is 0 Å². The first kappa shape index (κ1) is 13.4. The van der Waals surface area contributed by atoms with E-state index in [0.717, 1.165) is 42.6 Å². The van der Waals surface area contributed by atoms with E-state index < -0.39 is 5.97 Å². The zero-order valence-electron chi connectivity index (χ0n) is 9.99. The largest absolute Gasteiger partial charge is 0.478 e. The van der Waals surface area contributed by atoms with Crippen LogP contribution in [-0.4, -0.2) is 30.3 Å². The molecule has 98 valence electrons. The lowest BCUT2D eigenvalue weighted by Gasteiger charge is -2.12. The van der Waals surface area contributed by atoms with E-state index >= 15 is 0 Å². The van der Waals surface area contributed by atoms with Crippen LogP contribution in [0.4, 0.5) is 5.69 Å². The number of rotatable bonds is 5. The van der Waals surface area contributed by atoms with Gasteiger partial charge < -0.3 is 15.2 Å². The number of benzene rings is 1. The number of nitrogens with one attached hydrogen (secondary N) is 1. The normalized spacial score (nSPS) is 18.8. The lowest BCUT2D eigenvalue weighted by atomic mass is 10.1. The number of carboxylic acids is 1. The quantitative estimate of drug-likeness (QED) is 0.877. The molecule has 1 aliphatic heterocycles. The second-order valence-corrected chi connectivity index (χ2v) is 5.20. The Bertz CT molecular complexity index is 430. The third kappa shape index (κ3) is 3.46. The molecule has 1 aliphatic rings. The summed E-state index contributed by atoms with van der Waals surface area (Å²) in [6.07, 6.45) is 3.64. The zero-order valence-corrected chi connectivity index (χ0v) is 11.6. The van der Waals surface area contributed by atoms with Crippen molar-refractivity contribution in [3.63, 3.8) is 0 Å². The van der Waals surface area contributed by atoms with E-state index in [2.05, 4.69) is 21.2 Å². The maximum Gasteiger partial charge on any atom is 0.335 e. The van der Waals surface area contributed by atoms with Gasteiger partial charge in [0.05, 0.1) is 11.7 Å². The van der Waals surface area contributed by atoms with Crippen LogP contribution >= 0.6 is 15.9 Å². The van der Waals surface area contributed by atoms with E-state index in [4.69, 9.17) is 9.84 Å². The molecule has 4 nitrogen and oxygen atoms in total. The maximum absolute atomic E-state index is 10.8. The first-order chi connectivity index (χ1) is 8.66. The molecule has 5 heteroatoms. The summed E-state index contributed by atoms with van der Waals surface area (Å²) >= 11 is 3.37. The summed E-state index contributed by atoms with van der Waals surface area (Å²) in [5.74, 6) is -0.915. The fourth-order valence-corrected chi connectivity index (χ4v) is 2.55. The minimum absolute atomic E-state index is 0.284. The lowest BCUT2D eigenvalue weighted by Crippen LogP contribution is -2.12. The Morgan fingerprint density at radius 2 is 2.39 bits per heavy atom. The molecule has 2 N–H and O–H groups in total. The predicted octanol–water partition coefficient (Wildman–Crippen LogP) is 3.13. The molecule has 0 spiro atoms. The van der Waals surface area contributed by atoms with Crippen molar-refractivity contribution in [2.45, 2.75) is 25.4 Å². The molecule has 1 saturated heterocycles. The minimum Gasteiger partial charge on any atom is -0.478 e. The first-order valence-corrected chi connectivity index (χ1v) is 6.84.